The van der Waals surface area contributed by atoms with Gasteiger partial charge in [0.1, 0.15) is 5.15 Å². The standard InChI is InChI=1S/C13H17ClN2O3/c1-12(2,3)16-11(18)19-13(4,8-17)9-5-6-10(14)15-7-9/h5-8H,1-4H3,(H,16,18). The van der Waals surface area contributed by atoms with Crippen LogP contribution >= 0.6 is 11.6 Å². The first kappa shape index (κ1) is 15.4. The largest absolute Gasteiger partial charge is 0.430 e. The van der Waals surface area contributed by atoms with Gasteiger partial charge in [-0.2, -0.15) is 0 Å². The van der Waals surface area contributed by atoms with Gasteiger partial charge in [-0.1, -0.05) is 11.6 Å². The maximum absolute atomic E-state index is 11.7. The third-order valence-electron chi connectivity index (χ3n) is 2.31. The van der Waals surface area contributed by atoms with Gasteiger partial charge in [0.25, 0.3) is 0 Å². The highest BCUT2D eigenvalue weighted by Crippen LogP contribution is 2.23. The van der Waals surface area contributed by atoms with Gasteiger partial charge in [0.15, 0.2) is 11.9 Å². The van der Waals surface area contributed by atoms with E-state index in [-0.39, 0.29) is 0 Å². The molecule has 0 bridgehead atoms. The molecule has 0 aliphatic rings. The molecule has 0 spiro atoms. The monoisotopic (exact) mass is 284 g/mol. The van der Waals surface area contributed by atoms with Gasteiger partial charge in [-0.15, -0.1) is 0 Å². The summed E-state index contributed by atoms with van der Waals surface area (Å²) < 4.78 is 5.19. The Labute approximate surface area is 117 Å². The Morgan fingerprint density at radius 1 is 1.37 bits per heavy atom. The highest BCUT2D eigenvalue weighted by atomic mass is 35.5. The molecular formula is C13H17ClN2O3. The van der Waals surface area contributed by atoms with Crippen molar-refractivity contribution in [2.75, 3.05) is 0 Å². The Hall–Kier alpha value is -1.62. The first-order valence-electron chi connectivity index (χ1n) is 5.76. The molecule has 1 aromatic rings. The van der Waals surface area contributed by atoms with Gasteiger partial charge in [0, 0.05) is 17.3 Å². The molecule has 0 aliphatic carbocycles. The van der Waals surface area contributed by atoms with E-state index in [0.717, 1.165) is 0 Å². The summed E-state index contributed by atoms with van der Waals surface area (Å²) in [5, 5.41) is 2.93. The number of rotatable bonds is 3. The average molecular weight is 285 g/mol. The Bertz CT molecular complexity index is 468. The van der Waals surface area contributed by atoms with Gasteiger partial charge in [-0.25, -0.2) is 9.78 Å². The molecule has 1 amide bonds. The van der Waals surface area contributed by atoms with Gasteiger partial charge in [0.05, 0.1) is 0 Å². The number of aldehydes is 1. The minimum Gasteiger partial charge on any atom is -0.430 e. The van der Waals surface area contributed by atoms with Crippen molar-refractivity contribution in [1.82, 2.24) is 10.3 Å². The Kier molecular flexibility index (Phi) is 4.52. The smallest absolute Gasteiger partial charge is 0.408 e. The minimum atomic E-state index is -1.40. The quantitative estimate of drug-likeness (QED) is 0.684. The number of amides is 1. The van der Waals surface area contributed by atoms with E-state index >= 15 is 0 Å². The number of aromatic nitrogens is 1. The van der Waals surface area contributed by atoms with Crippen LogP contribution in [0, 0.1) is 0 Å². The summed E-state index contributed by atoms with van der Waals surface area (Å²) in [6.45, 7) is 6.94. The molecule has 104 valence electrons. The van der Waals surface area contributed by atoms with E-state index in [9.17, 15) is 9.59 Å². The molecule has 1 rings (SSSR count). The van der Waals surface area contributed by atoms with Crippen LogP contribution in [0.15, 0.2) is 18.3 Å². The molecule has 1 unspecified atom stereocenters. The normalized spacial score (nSPS) is 14.4. The summed E-state index contributed by atoms with van der Waals surface area (Å²) in [5.41, 5.74) is -1.39. The Balaban J connectivity index is 2.89. The van der Waals surface area contributed by atoms with Gasteiger partial charge in [0.2, 0.25) is 0 Å². The van der Waals surface area contributed by atoms with Crippen LogP contribution in [0.4, 0.5) is 4.79 Å². The summed E-state index contributed by atoms with van der Waals surface area (Å²) in [4.78, 5) is 26.9. The molecular weight excluding hydrogens is 268 g/mol. The zero-order valence-electron chi connectivity index (χ0n) is 11.4. The number of carbonyl (C=O) groups excluding carboxylic acids is 2. The molecule has 19 heavy (non-hydrogen) atoms. The topological polar surface area (TPSA) is 68.3 Å². The predicted molar refractivity (Wildman–Crippen MR) is 72.0 cm³/mol. The van der Waals surface area contributed by atoms with Crippen LogP contribution in [0.3, 0.4) is 0 Å². The van der Waals surface area contributed by atoms with Crippen molar-refractivity contribution in [2.24, 2.45) is 0 Å². The van der Waals surface area contributed by atoms with Crippen molar-refractivity contribution in [1.29, 1.82) is 0 Å². The summed E-state index contributed by atoms with van der Waals surface area (Å²) in [6, 6.07) is 3.12. The van der Waals surface area contributed by atoms with Crippen molar-refractivity contribution in [3.05, 3.63) is 29.0 Å². The second-order valence-electron chi connectivity index (χ2n) is 5.36. The average Bonchev–Trinajstić information content (AvgIpc) is 2.26. The van der Waals surface area contributed by atoms with E-state index in [1.807, 2.05) is 20.8 Å². The maximum atomic E-state index is 11.7. The summed E-state index contributed by atoms with van der Waals surface area (Å²) in [7, 11) is 0. The van der Waals surface area contributed by atoms with Crippen LogP contribution in [0.25, 0.3) is 0 Å². The molecule has 0 aliphatic heterocycles. The number of hydrogen-bond acceptors (Lipinski definition) is 4. The van der Waals surface area contributed by atoms with Crippen molar-refractivity contribution in [2.45, 2.75) is 38.8 Å². The lowest BCUT2D eigenvalue weighted by molar-refractivity contribution is -0.123. The lowest BCUT2D eigenvalue weighted by atomic mass is 9.99. The number of pyridine rings is 1. The summed E-state index contributed by atoms with van der Waals surface area (Å²) in [6.07, 6.45) is 1.29. The molecule has 6 heteroatoms. The summed E-state index contributed by atoms with van der Waals surface area (Å²) >= 11 is 5.68. The van der Waals surface area contributed by atoms with Crippen LogP contribution in [0.5, 0.6) is 0 Å². The highest BCUT2D eigenvalue weighted by molar-refractivity contribution is 6.29. The number of hydrogen-bond donors (Lipinski definition) is 1. The zero-order valence-corrected chi connectivity index (χ0v) is 12.1. The Morgan fingerprint density at radius 2 is 2.00 bits per heavy atom. The lowest BCUT2D eigenvalue weighted by Crippen LogP contribution is -2.44. The Morgan fingerprint density at radius 3 is 2.42 bits per heavy atom. The van der Waals surface area contributed by atoms with E-state index in [0.29, 0.717) is 17.0 Å². The number of nitrogens with one attached hydrogen (secondary N) is 1. The molecule has 0 radical (unpaired) electrons. The number of ether oxygens (including phenoxy) is 1. The first-order chi connectivity index (χ1) is 8.66. The molecule has 5 nitrogen and oxygen atoms in total. The zero-order chi connectivity index (χ0) is 14.7. The fraction of sp³-hybridized carbons (Fsp3) is 0.462. The molecule has 0 aromatic carbocycles. The summed E-state index contributed by atoms with van der Waals surface area (Å²) in [5.74, 6) is 0. The van der Waals surface area contributed by atoms with Crippen molar-refractivity contribution in [3.8, 4) is 0 Å². The number of carbonyl (C=O) groups is 2. The molecule has 0 fully saturated rings. The van der Waals surface area contributed by atoms with Crippen molar-refractivity contribution in [3.63, 3.8) is 0 Å². The van der Waals surface area contributed by atoms with Gasteiger partial charge < -0.3 is 10.1 Å². The molecule has 1 atom stereocenters. The maximum Gasteiger partial charge on any atom is 0.408 e. The predicted octanol–water partition coefficient (Wildman–Crippen LogP) is 2.67. The first-order valence-corrected chi connectivity index (χ1v) is 6.13. The third-order valence-corrected chi connectivity index (χ3v) is 2.53. The minimum absolute atomic E-state index is 0.302. The highest BCUT2D eigenvalue weighted by Gasteiger charge is 2.32. The second kappa shape index (κ2) is 5.57. The number of nitrogens with zero attached hydrogens (tertiary/aromatic N) is 1. The van der Waals surface area contributed by atoms with Crippen LogP contribution < -0.4 is 5.32 Å². The van der Waals surface area contributed by atoms with Crippen LogP contribution in [-0.2, 0) is 15.1 Å². The molecule has 0 saturated carbocycles. The number of alkyl carbamates (subject to hydrolysis) is 1. The fourth-order valence-electron chi connectivity index (χ4n) is 1.34. The van der Waals surface area contributed by atoms with E-state index in [2.05, 4.69) is 10.3 Å². The van der Waals surface area contributed by atoms with Crippen molar-refractivity contribution >= 4 is 24.0 Å². The van der Waals surface area contributed by atoms with Gasteiger partial charge >= 0.3 is 6.09 Å². The van der Waals surface area contributed by atoms with Crippen LogP contribution in [0.1, 0.15) is 33.3 Å². The van der Waals surface area contributed by atoms with E-state index in [1.165, 1.54) is 19.2 Å². The van der Waals surface area contributed by atoms with E-state index in [4.69, 9.17) is 16.3 Å². The van der Waals surface area contributed by atoms with E-state index < -0.39 is 17.2 Å². The van der Waals surface area contributed by atoms with Crippen LogP contribution in [0.2, 0.25) is 5.15 Å². The van der Waals surface area contributed by atoms with E-state index in [1.54, 1.807) is 6.07 Å². The van der Waals surface area contributed by atoms with Crippen LogP contribution in [-0.4, -0.2) is 22.9 Å². The second-order valence-corrected chi connectivity index (χ2v) is 5.75. The van der Waals surface area contributed by atoms with Gasteiger partial charge in [-0.05, 0) is 39.8 Å². The fourth-order valence-corrected chi connectivity index (χ4v) is 1.46. The molecule has 1 N–H and O–H groups in total. The molecule has 1 aromatic heterocycles. The van der Waals surface area contributed by atoms with Gasteiger partial charge in [-0.3, -0.25) is 4.79 Å². The molecule has 0 saturated heterocycles. The number of halogens is 1. The third kappa shape index (κ3) is 4.52. The van der Waals surface area contributed by atoms with Crippen molar-refractivity contribution < 1.29 is 14.3 Å². The lowest BCUT2D eigenvalue weighted by Gasteiger charge is -2.27. The molecule has 1 heterocycles. The SMILES string of the molecule is CC(C)(C)NC(=O)OC(C)(C=O)c1ccc(Cl)nc1.